The van der Waals surface area contributed by atoms with Crippen molar-refractivity contribution >= 4 is 34.3 Å². The average Bonchev–Trinajstić information content (AvgIpc) is 2.82. The first kappa shape index (κ1) is 22.9. The number of aliphatic hydroxyl groups is 1. The summed E-state index contributed by atoms with van der Waals surface area (Å²) in [5, 5.41) is 12.3. The second-order valence-corrected chi connectivity index (χ2v) is 9.71. The lowest BCUT2D eigenvalue weighted by Crippen LogP contribution is -2.19. The van der Waals surface area contributed by atoms with Crippen LogP contribution in [0.3, 0.4) is 0 Å². The molecule has 1 aromatic heterocycles. The predicted octanol–water partition coefficient (Wildman–Crippen LogP) is 5.54. The lowest BCUT2D eigenvalue weighted by Gasteiger charge is -2.22. The van der Waals surface area contributed by atoms with Crippen LogP contribution >= 0.6 is 22.6 Å². The van der Waals surface area contributed by atoms with Crippen molar-refractivity contribution in [3.8, 4) is 11.3 Å². The molecule has 5 nitrogen and oxygen atoms in total. The molecule has 0 radical (unpaired) electrons. The van der Waals surface area contributed by atoms with Crippen LogP contribution in [-0.4, -0.2) is 21.0 Å². The van der Waals surface area contributed by atoms with Crippen molar-refractivity contribution in [1.29, 1.82) is 0 Å². The highest BCUT2D eigenvalue weighted by Crippen LogP contribution is 2.29. The van der Waals surface area contributed by atoms with E-state index in [4.69, 9.17) is 4.98 Å². The highest BCUT2D eigenvalue weighted by atomic mass is 127. The monoisotopic (exact) mass is 541 g/mol. The molecule has 2 aromatic carbocycles. The standard InChI is InChI=1S/C26H28IN3O2/c27-22-12-8-19(9-13-22)15-25(32)30-26-23(14-18-4-2-1-3-5-18)29-24(16-28-26)21-10-6-20(17-31)7-11-21/h6-13,16,18,31H,1-5,14-15,17H2,(H,28,30,32). The normalized spacial score (nSPS) is 14.3. The maximum atomic E-state index is 12.7. The number of aliphatic hydroxyl groups excluding tert-OH is 1. The Bertz CT molecular complexity index is 1050. The van der Waals surface area contributed by atoms with Crippen LogP contribution in [0.15, 0.2) is 54.7 Å². The molecular formula is C26H28IN3O2. The maximum Gasteiger partial charge on any atom is 0.229 e. The fourth-order valence-corrected chi connectivity index (χ4v) is 4.58. The summed E-state index contributed by atoms with van der Waals surface area (Å²) >= 11 is 2.26. The number of hydrogen-bond donors (Lipinski definition) is 2. The summed E-state index contributed by atoms with van der Waals surface area (Å²) < 4.78 is 1.15. The quantitative estimate of drug-likeness (QED) is 0.385. The van der Waals surface area contributed by atoms with E-state index < -0.39 is 0 Å². The van der Waals surface area contributed by atoms with Crippen LogP contribution in [0.1, 0.15) is 48.9 Å². The molecule has 0 atom stereocenters. The second kappa shape index (κ2) is 11.0. The lowest BCUT2D eigenvalue weighted by atomic mass is 9.86. The van der Waals surface area contributed by atoms with Crippen LogP contribution < -0.4 is 5.32 Å². The van der Waals surface area contributed by atoms with Crippen molar-refractivity contribution in [3.05, 3.63) is 75.1 Å². The number of anilines is 1. The highest BCUT2D eigenvalue weighted by molar-refractivity contribution is 14.1. The number of nitrogens with one attached hydrogen (secondary N) is 1. The van der Waals surface area contributed by atoms with Crippen molar-refractivity contribution in [2.45, 2.75) is 51.6 Å². The summed E-state index contributed by atoms with van der Waals surface area (Å²) in [4.78, 5) is 22.3. The second-order valence-electron chi connectivity index (χ2n) is 8.47. The Morgan fingerprint density at radius 1 is 1.00 bits per heavy atom. The number of carbonyl (C=O) groups excluding carboxylic acids is 1. The van der Waals surface area contributed by atoms with Crippen molar-refractivity contribution < 1.29 is 9.90 Å². The predicted molar refractivity (Wildman–Crippen MR) is 135 cm³/mol. The van der Waals surface area contributed by atoms with E-state index in [2.05, 4.69) is 32.9 Å². The molecule has 1 aliphatic carbocycles. The van der Waals surface area contributed by atoms with E-state index in [0.29, 0.717) is 18.2 Å². The summed E-state index contributed by atoms with van der Waals surface area (Å²) in [5.41, 5.74) is 4.44. The smallest absolute Gasteiger partial charge is 0.229 e. The number of carbonyl (C=O) groups is 1. The SMILES string of the molecule is O=C(Cc1ccc(I)cc1)Nc1ncc(-c2ccc(CO)cc2)nc1CC1CCCCC1. The van der Waals surface area contributed by atoms with Gasteiger partial charge in [0.05, 0.1) is 30.6 Å². The first-order chi connectivity index (χ1) is 15.6. The molecule has 1 aliphatic rings. The Balaban J connectivity index is 1.56. The van der Waals surface area contributed by atoms with E-state index in [-0.39, 0.29) is 12.5 Å². The molecule has 0 aliphatic heterocycles. The van der Waals surface area contributed by atoms with E-state index in [0.717, 1.165) is 38.1 Å². The van der Waals surface area contributed by atoms with Gasteiger partial charge in [-0.25, -0.2) is 9.97 Å². The van der Waals surface area contributed by atoms with Crippen molar-refractivity contribution in [2.24, 2.45) is 5.92 Å². The zero-order valence-electron chi connectivity index (χ0n) is 18.1. The summed E-state index contributed by atoms with van der Waals surface area (Å²) in [7, 11) is 0. The van der Waals surface area contributed by atoms with Crippen LogP contribution in [0, 0.1) is 9.49 Å². The number of rotatable bonds is 7. The van der Waals surface area contributed by atoms with Gasteiger partial charge in [-0.2, -0.15) is 0 Å². The minimum Gasteiger partial charge on any atom is -0.392 e. The number of aromatic nitrogens is 2. The molecule has 1 saturated carbocycles. The van der Waals surface area contributed by atoms with E-state index in [1.807, 2.05) is 48.5 Å². The Kier molecular flexibility index (Phi) is 7.86. The molecule has 166 valence electrons. The van der Waals surface area contributed by atoms with E-state index in [9.17, 15) is 9.90 Å². The third-order valence-corrected chi connectivity index (χ3v) is 6.74. The third-order valence-electron chi connectivity index (χ3n) is 6.02. The van der Waals surface area contributed by atoms with Crippen LogP contribution in [0.5, 0.6) is 0 Å². The molecule has 4 rings (SSSR count). The van der Waals surface area contributed by atoms with Gasteiger partial charge in [-0.05, 0) is 58.2 Å². The number of benzene rings is 2. The number of nitrogens with zero attached hydrogens (tertiary/aromatic N) is 2. The van der Waals surface area contributed by atoms with Gasteiger partial charge in [-0.15, -0.1) is 0 Å². The third kappa shape index (κ3) is 6.13. The number of hydrogen-bond acceptors (Lipinski definition) is 4. The van der Waals surface area contributed by atoms with E-state index in [1.54, 1.807) is 6.20 Å². The molecule has 1 heterocycles. The van der Waals surface area contributed by atoms with Gasteiger partial charge in [0.25, 0.3) is 0 Å². The first-order valence-electron chi connectivity index (χ1n) is 11.2. The molecule has 0 bridgehead atoms. The summed E-state index contributed by atoms with van der Waals surface area (Å²) in [6, 6.07) is 15.7. The Labute approximate surface area is 202 Å². The van der Waals surface area contributed by atoms with Gasteiger partial charge < -0.3 is 10.4 Å². The molecule has 32 heavy (non-hydrogen) atoms. The summed E-state index contributed by atoms with van der Waals surface area (Å²) in [5.74, 6) is 1.07. The summed E-state index contributed by atoms with van der Waals surface area (Å²) in [6.07, 6.45) is 9.09. The van der Waals surface area contributed by atoms with Crippen molar-refractivity contribution in [3.63, 3.8) is 0 Å². The van der Waals surface area contributed by atoms with E-state index >= 15 is 0 Å². The van der Waals surface area contributed by atoms with Crippen LogP contribution in [0.2, 0.25) is 0 Å². The molecule has 3 aromatic rings. The minimum absolute atomic E-state index is 0.0183. The molecule has 2 N–H and O–H groups in total. The van der Waals surface area contributed by atoms with Gasteiger partial charge in [-0.3, -0.25) is 4.79 Å². The van der Waals surface area contributed by atoms with Crippen molar-refractivity contribution in [1.82, 2.24) is 9.97 Å². The highest BCUT2D eigenvalue weighted by Gasteiger charge is 2.19. The largest absolute Gasteiger partial charge is 0.392 e. The Morgan fingerprint density at radius 2 is 1.69 bits per heavy atom. The first-order valence-corrected chi connectivity index (χ1v) is 12.3. The molecular weight excluding hydrogens is 513 g/mol. The van der Waals surface area contributed by atoms with Crippen LogP contribution in [0.25, 0.3) is 11.3 Å². The number of amides is 1. The van der Waals surface area contributed by atoms with Gasteiger partial charge in [0, 0.05) is 9.13 Å². The average molecular weight is 541 g/mol. The zero-order chi connectivity index (χ0) is 22.3. The molecule has 1 fully saturated rings. The topological polar surface area (TPSA) is 75.1 Å². The molecule has 0 saturated heterocycles. The zero-order valence-corrected chi connectivity index (χ0v) is 20.2. The van der Waals surface area contributed by atoms with Gasteiger partial charge in [0.15, 0.2) is 5.82 Å². The van der Waals surface area contributed by atoms with E-state index in [1.165, 1.54) is 32.1 Å². The van der Waals surface area contributed by atoms with Crippen LogP contribution in [-0.2, 0) is 24.2 Å². The Hall–Kier alpha value is -2.32. The van der Waals surface area contributed by atoms with Crippen molar-refractivity contribution in [2.75, 3.05) is 5.32 Å². The molecule has 1 amide bonds. The maximum absolute atomic E-state index is 12.7. The number of halogens is 1. The molecule has 0 spiro atoms. The van der Waals surface area contributed by atoms with Crippen LogP contribution in [0.4, 0.5) is 5.82 Å². The minimum atomic E-state index is -0.0783. The molecule has 0 unspecified atom stereocenters. The van der Waals surface area contributed by atoms with Gasteiger partial charge in [0.1, 0.15) is 0 Å². The lowest BCUT2D eigenvalue weighted by molar-refractivity contribution is -0.115. The van der Waals surface area contributed by atoms with Gasteiger partial charge >= 0.3 is 0 Å². The summed E-state index contributed by atoms with van der Waals surface area (Å²) in [6.45, 7) is 0.0183. The fourth-order valence-electron chi connectivity index (χ4n) is 4.22. The fraction of sp³-hybridized carbons (Fsp3) is 0.346. The van der Waals surface area contributed by atoms with Gasteiger partial charge in [-0.1, -0.05) is 68.5 Å². The molecule has 6 heteroatoms. The van der Waals surface area contributed by atoms with Gasteiger partial charge in [0.2, 0.25) is 5.91 Å². The Morgan fingerprint density at radius 3 is 2.38 bits per heavy atom.